The van der Waals surface area contributed by atoms with Gasteiger partial charge in [0.25, 0.3) is 5.91 Å². The number of amides is 1. The van der Waals surface area contributed by atoms with Crippen LogP contribution in [0.25, 0.3) is 0 Å². The van der Waals surface area contributed by atoms with Gasteiger partial charge in [0.15, 0.2) is 6.04 Å². The van der Waals surface area contributed by atoms with Crippen LogP contribution in [0.15, 0.2) is 48.5 Å². The van der Waals surface area contributed by atoms with Crippen LogP contribution >= 0.6 is 0 Å². The van der Waals surface area contributed by atoms with E-state index in [-0.39, 0.29) is 11.9 Å². The number of methoxy groups -OCH3 is 1. The molecular formula is C21H28N3O2+. The van der Waals surface area contributed by atoms with Crippen molar-refractivity contribution in [3.8, 4) is 5.75 Å². The Morgan fingerprint density at radius 2 is 1.77 bits per heavy atom. The number of para-hydroxylation sites is 3. The Morgan fingerprint density at radius 1 is 1.12 bits per heavy atom. The molecule has 1 amide bonds. The maximum absolute atomic E-state index is 12.7. The number of quaternary nitrogens is 1. The van der Waals surface area contributed by atoms with Gasteiger partial charge in [0, 0.05) is 5.69 Å². The van der Waals surface area contributed by atoms with Gasteiger partial charge in [-0.1, -0.05) is 30.3 Å². The number of anilines is 2. The Bertz CT molecular complexity index is 754. The van der Waals surface area contributed by atoms with Crippen molar-refractivity contribution in [2.24, 2.45) is 0 Å². The molecule has 1 aliphatic rings. The molecule has 0 unspecified atom stereocenters. The van der Waals surface area contributed by atoms with E-state index in [1.807, 2.05) is 31.2 Å². The summed E-state index contributed by atoms with van der Waals surface area (Å²) in [6.07, 6.45) is 0. The summed E-state index contributed by atoms with van der Waals surface area (Å²) < 4.78 is 5.32. The number of hydrogen-bond donors (Lipinski definition) is 2. The monoisotopic (exact) mass is 354 g/mol. The van der Waals surface area contributed by atoms with E-state index in [0.29, 0.717) is 5.75 Å². The van der Waals surface area contributed by atoms with E-state index in [0.717, 1.165) is 31.9 Å². The Balaban J connectivity index is 1.59. The third-order valence-corrected chi connectivity index (χ3v) is 5.23. The van der Waals surface area contributed by atoms with E-state index < -0.39 is 0 Å². The van der Waals surface area contributed by atoms with E-state index in [1.54, 1.807) is 7.11 Å². The highest BCUT2D eigenvalue weighted by atomic mass is 16.5. The number of ether oxygens (including phenoxy) is 1. The third kappa shape index (κ3) is 3.99. The van der Waals surface area contributed by atoms with E-state index >= 15 is 0 Å². The van der Waals surface area contributed by atoms with Crippen LogP contribution in [0, 0.1) is 6.92 Å². The lowest BCUT2D eigenvalue weighted by Crippen LogP contribution is -3.19. The van der Waals surface area contributed by atoms with E-state index in [9.17, 15) is 4.79 Å². The predicted molar refractivity (Wildman–Crippen MR) is 105 cm³/mol. The summed E-state index contributed by atoms with van der Waals surface area (Å²) >= 11 is 0. The molecule has 2 aromatic carbocycles. The van der Waals surface area contributed by atoms with Gasteiger partial charge in [0.2, 0.25) is 0 Å². The van der Waals surface area contributed by atoms with Crippen molar-refractivity contribution in [3.63, 3.8) is 0 Å². The Labute approximate surface area is 155 Å². The van der Waals surface area contributed by atoms with E-state index in [4.69, 9.17) is 4.74 Å². The van der Waals surface area contributed by atoms with Gasteiger partial charge in [-0.2, -0.15) is 0 Å². The summed E-state index contributed by atoms with van der Waals surface area (Å²) in [5.74, 6) is 0.723. The molecule has 5 heteroatoms. The minimum absolute atomic E-state index is 0.0360. The second-order valence-electron chi connectivity index (χ2n) is 6.84. The van der Waals surface area contributed by atoms with Crippen molar-refractivity contribution in [3.05, 3.63) is 54.1 Å². The molecule has 0 aromatic heterocycles. The second-order valence-corrected chi connectivity index (χ2v) is 6.84. The second kappa shape index (κ2) is 8.23. The number of carbonyl (C=O) groups is 1. The average molecular weight is 354 g/mol. The van der Waals surface area contributed by atoms with Gasteiger partial charge >= 0.3 is 0 Å². The molecular weight excluding hydrogens is 326 g/mol. The fraction of sp³-hybridized carbons (Fsp3) is 0.381. The molecule has 1 aliphatic heterocycles. The zero-order chi connectivity index (χ0) is 18.5. The van der Waals surface area contributed by atoms with Crippen molar-refractivity contribution < 1.29 is 14.4 Å². The topological polar surface area (TPSA) is 46.0 Å². The lowest BCUT2D eigenvalue weighted by atomic mass is 10.1. The van der Waals surface area contributed by atoms with Crippen LogP contribution in [0.1, 0.15) is 12.5 Å². The first-order chi connectivity index (χ1) is 12.6. The van der Waals surface area contributed by atoms with Gasteiger partial charge in [-0.05, 0) is 37.6 Å². The van der Waals surface area contributed by atoms with Gasteiger partial charge < -0.3 is 19.9 Å². The zero-order valence-electron chi connectivity index (χ0n) is 15.8. The number of nitrogens with zero attached hydrogens (tertiary/aromatic N) is 1. The molecule has 26 heavy (non-hydrogen) atoms. The fourth-order valence-corrected chi connectivity index (χ4v) is 3.56. The van der Waals surface area contributed by atoms with Crippen molar-refractivity contribution in [1.29, 1.82) is 0 Å². The molecule has 0 saturated carbocycles. The van der Waals surface area contributed by atoms with Crippen LogP contribution < -0.4 is 19.9 Å². The predicted octanol–water partition coefficient (Wildman–Crippen LogP) is 1.74. The van der Waals surface area contributed by atoms with Crippen LogP contribution in [0.5, 0.6) is 5.75 Å². The molecule has 2 N–H and O–H groups in total. The molecule has 0 radical (unpaired) electrons. The molecule has 1 heterocycles. The maximum Gasteiger partial charge on any atom is 0.282 e. The van der Waals surface area contributed by atoms with Crippen LogP contribution in [0.3, 0.4) is 0 Å². The molecule has 138 valence electrons. The lowest BCUT2D eigenvalue weighted by molar-refractivity contribution is -0.914. The molecule has 1 atom stereocenters. The first-order valence-corrected chi connectivity index (χ1v) is 9.19. The van der Waals surface area contributed by atoms with Gasteiger partial charge in [-0.15, -0.1) is 0 Å². The van der Waals surface area contributed by atoms with Gasteiger partial charge in [-0.3, -0.25) is 4.79 Å². The largest absolute Gasteiger partial charge is 0.495 e. The number of hydrogen-bond acceptors (Lipinski definition) is 3. The Kier molecular flexibility index (Phi) is 5.78. The Hall–Kier alpha value is -2.53. The van der Waals surface area contributed by atoms with Gasteiger partial charge in [-0.25, -0.2) is 0 Å². The fourth-order valence-electron chi connectivity index (χ4n) is 3.56. The van der Waals surface area contributed by atoms with Crippen LogP contribution in [0.4, 0.5) is 11.4 Å². The van der Waals surface area contributed by atoms with Crippen LogP contribution in [-0.2, 0) is 4.79 Å². The molecule has 1 fully saturated rings. The first kappa shape index (κ1) is 18.3. The van der Waals surface area contributed by atoms with Crippen LogP contribution in [-0.4, -0.2) is 45.2 Å². The molecule has 0 aliphatic carbocycles. The molecule has 1 saturated heterocycles. The summed E-state index contributed by atoms with van der Waals surface area (Å²) in [5, 5.41) is 3.01. The number of carbonyl (C=O) groups excluding carboxylic acids is 1. The average Bonchev–Trinajstić information content (AvgIpc) is 2.68. The number of benzene rings is 2. The SMILES string of the molecule is COc1ccccc1NC(=O)[C@H](C)[NH+]1CCN(c2ccccc2C)CC1. The first-order valence-electron chi connectivity index (χ1n) is 9.19. The number of piperazine rings is 1. The summed E-state index contributed by atoms with van der Waals surface area (Å²) in [5.41, 5.74) is 3.33. The summed E-state index contributed by atoms with van der Waals surface area (Å²) in [6, 6.07) is 15.9. The van der Waals surface area contributed by atoms with E-state index in [2.05, 4.69) is 41.4 Å². The Morgan fingerprint density at radius 3 is 2.46 bits per heavy atom. The van der Waals surface area contributed by atoms with Crippen molar-refractivity contribution >= 4 is 17.3 Å². The van der Waals surface area contributed by atoms with Gasteiger partial charge in [0.05, 0.1) is 39.0 Å². The zero-order valence-corrected chi connectivity index (χ0v) is 15.8. The molecule has 3 rings (SSSR count). The highest BCUT2D eigenvalue weighted by Gasteiger charge is 2.29. The standard InChI is InChI=1S/C21H27N3O2/c1-16-8-4-6-10-19(16)24-14-12-23(13-15-24)17(2)21(25)22-18-9-5-7-11-20(18)26-3/h4-11,17H,12-15H2,1-3H3,(H,22,25)/p+1/t17-/m0/s1. The maximum atomic E-state index is 12.7. The van der Waals surface area contributed by atoms with Crippen molar-refractivity contribution in [1.82, 2.24) is 0 Å². The van der Waals surface area contributed by atoms with Crippen molar-refractivity contribution in [2.75, 3.05) is 43.5 Å². The number of nitrogens with one attached hydrogen (secondary N) is 2. The number of aryl methyl sites for hydroxylation is 1. The minimum Gasteiger partial charge on any atom is -0.495 e. The molecule has 0 bridgehead atoms. The smallest absolute Gasteiger partial charge is 0.282 e. The highest BCUT2D eigenvalue weighted by molar-refractivity contribution is 5.94. The quantitative estimate of drug-likeness (QED) is 0.860. The minimum atomic E-state index is -0.0982. The normalized spacial score (nSPS) is 16.2. The van der Waals surface area contributed by atoms with Gasteiger partial charge in [0.1, 0.15) is 5.75 Å². The molecule has 5 nitrogen and oxygen atoms in total. The third-order valence-electron chi connectivity index (χ3n) is 5.23. The van der Waals surface area contributed by atoms with E-state index in [1.165, 1.54) is 16.2 Å². The highest BCUT2D eigenvalue weighted by Crippen LogP contribution is 2.23. The molecule has 2 aromatic rings. The molecule has 0 spiro atoms. The summed E-state index contributed by atoms with van der Waals surface area (Å²) in [6.45, 7) is 7.99. The lowest BCUT2D eigenvalue weighted by Gasteiger charge is -2.36. The number of rotatable bonds is 5. The van der Waals surface area contributed by atoms with Crippen LogP contribution in [0.2, 0.25) is 0 Å². The summed E-state index contributed by atoms with van der Waals surface area (Å²) in [7, 11) is 1.62. The summed E-state index contributed by atoms with van der Waals surface area (Å²) in [4.78, 5) is 16.4. The van der Waals surface area contributed by atoms with Crippen molar-refractivity contribution in [2.45, 2.75) is 19.9 Å².